The lowest BCUT2D eigenvalue weighted by Gasteiger charge is -2.17. The van der Waals surface area contributed by atoms with Crippen molar-refractivity contribution in [2.75, 3.05) is 6.54 Å². The smallest absolute Gasteiger partial charge is 0.337 e. The van der Waals surface area contributed by atoms with Crippen LogP contribution in [0, 0.1) is 6.92 Å². The molecule has 0 saturated carbocycles. The molecule has 2 aromatic heterocycles. The highest BCUT2D eigenvalue weighted by molar-refractivity contribution is 7.08. The zero-order valence-electron chi connectivity index (χ0n) is 12.1. The van der Waals surface area contributed by atoms with Crippen molar-refractivity contribution in [2.24, 2.45) is 0 Å². The molecule has 0 fully saturated rings. The summed E-state index contributed by atoms with van der Waals surface area (Å²) in [7, 11) is 0. The van der Waals surface area contributed by atoms with Gasteiger partial charge in [-0.2, -0.15) is 11.3 Å². The summed E-state index contributed by atoms with van der Waals surface area (Å²) in [5, 5.41) is 24.5. The van der Waals surface area contributed by atoms with E-state index in [1.54, 1.807) is 6.92 Å². The number of thiophene rings is 1. The van der Waals surface area contributed by atoms with Crippen molar-refractivity contribution >= 4 is 23.2 Å². The molecule has 3 N–H and O–H groups in total. The van der Waals surface area contributed by atoms with Gasteiger partial charge in [0, 0.05) is 10.9 Å². The third-order valence-electron chi connectivity index (χ3n) is 3.08. The van der Waals surface area contributed by atoms with E-state index in [1.165, 1.54) is 11.3 Å². The van der Waals surface area contributed by atoms with Crippen LogP contribution in [-0.2, 0) is 16.0 Å². The lowest BCUT2D eigenvalue weighted by atomic mass is 10.1. The molecule has 1 unspecified atom stereocenters. The lowest BCUT2D eigenvalue weighted by molar-refractivity contribution is -0.156. The van der Waals surface area contributed by atoms with Gasteiger partial charge in [-0.25, -0.2) is 9.78 Å². The van der Waals surface area contributed by atoms with E-state index in [9.17, 15) is 14.7 Å². The number of hydrogen-bond acceptors (Lipinski definition) is 6. The molecule has 0 aliphatic heterocycles. The van der Waals surface area contributed by atoms with Crippen LogP contribution in [0.2, 0.25) is 0 Å². The van der Waals surface area contributed by atoms with Gasteiger partial charge in [0.15, 0.2) is 5.60 Å². The highest BCUT2D eigenvalue weighted by Gasteiger charge is 2.30. The van der Waals surface area contributed by atoms with Crippen molar-refractivity contribution in [1.82, 2.24) is 10.3 Å². The third-order valence-corrected chi connectivity index (χ3v) is 3.76. The molecular weight excluding hydrogens is 308 g/mol. The lowest BCUT2D eigenvalue weighted by Crippen LogP contribution is -2.46. The summed E-state index contributed by atoms with van der Waals surface area (Å²) in [5.41, 5.74) is -0.682. The number of aliphatic carboxylic acids is 1. The van der Waals surface area contributed by atoms with Crippen molar-refractivity contribution in [2.45, 2.75) is 25.9 Å². The second kappa shape index (κ2) is 6.29. The van der Waals surface area contributed by atoms with Crippen molar-refractivity contribution in [3.05, 3.63) is 28.3 Å². The molecule has 22 heavy (non-hydrogen) atoms. The van der Waals surface area contributed by atoms with Crippen LogP contribution in [0.4, 0.5) is 0 Å². The number of aromatic nitrogens is 1. The zero-order chi connectivity index (χ0) is 16.3. The van der Waals surface area contributed by atoms with Gasteiger partial charge in [-0.3, -0.25) is 4.79 Å². The quantitative estimate of drug-likeness (QED) is 0.736. The first-order valence-corrected chi connectivity index (χ1v) is 7.45. The van der Waals surface area contributed by atoms with Crippen LogP contribution in [0.15, 0.2) is 21.2 Å². The van der Waals surface area contributed by atoms with Gasteiger partial charge in [0.05, 0.1) is 18.7 Å². The maximum Gasteiger partial charge on any atom is 0.337 e. The van der Waals surface area contributed by atoms with Crippen LogP contribution in [0.1, 0.15) is 18.4 Å². The minimum Gasteiger partial charge on any atom is -0.479 e. The number of hydrogen-bond donors (Lipinski definition) is 3. The van der Waals surface area contributed by atoms with Crippen molar-refractivity contribution in [3.63, 3.8) is 0 Å². The molecule has 0 radical (unpaired) electrons. The number of carbonyl (C=O) groups excluding carboxylic acids is 1. The average Bonchev–Trinajstić information content (AvgIpc) is 3.07. The van der Waals surface area contributed by atoms with Gasteiger partial charge < -0.3 is 19.9 Å². The summed E-state index contributed by atoms with van der Waals surface area (Å²) in [5.74, 6) is -0.861. The maximum absolute atomic E-state index is 11.8. The first-order valence-electron chi connectivity index (χ1n) is 6.51. The SMILES string of the molecule is Cc1oc(-c2ccsc2)nc1CC(=O)NCC(C)(O)C(=O)O. The standard InChI is InChI=1S/C14H16N2O5S/c1-8-10(16-12(21-8)9-3-4-22-6-9)5-11(17)15-7-14(2,20)13(18)19/h3-4,6,20H,5,7H2,1-2H3,(H,15,17)(H,18,19). The monoisotopic (exact) mass is 324 g/mol. The number of rotatable bonds is 6. The van der Waals surface area contributed by atoms with Crippen molar-refractivity contribution in [3.8, 4) is 11.5 Å². The molecule has 0 aliphatic carbocycles. The van der Waals surface area contributed by atoms with Gasteiger partial charge >= 0.3 is 5.97 Å². The third kappa shape index (κ3) is 3.71. The largest absolute Gasteiger partial charge is 0.479 e. The van der Waals surface area contributed by atoms with E-state index >= 15 is 0 Å². The maximum atomic E-state index is 11.8. The number of oxazole rings is 1. The second-order valence-electron chi connectivity index (χ2n) is 5.07. The predicted molar refractivity (Wildman–Crippen MR) is 79.5 cm³/mol. The molecule has 1 atom stereocenters. The second-order valence-corrected chi connectivity index (χ2v) is 5.85. The van der Waals surface area contributed by atoms with Crippen molar-refractivity contribution in [1.29, 1.82) is 0 Å². The minimum atomic E-state index is -2.00. The van der Waals surface area contributed by atoms with E-state index in [0.29, 0.717) is 17.3 Å². The minimum absolute atomic E-state index is 0.0465. The van der Waals surface area contributed by atoms with Gasteiger partial charge in [0.25, 0.3) is 0 Å². The predicted octanol–water partition coefficient (Wildman–Crippen LogP) is 1.21. The van der Waals surface area contributed by atoms with E-state index in [0.717, 1.165) is 12.5 Å². The first kappa shape index (κ1) is 16.2. The Kier molecular flexibility index (Phi) is 4.62. The Bertz CT molecular complexity index is 675. The molecule has 0 saturated heterocycles. The molecule has 0 bridgehead atoms. The van der Waals surface area contributed by atoms with Crippen LogP contribution >= 0.6 is 11.3 Å². The van der Waals surface area contributed by atoms with E-state index < -0.39 is 17.5 Å². The molecule has 2 aromatic rings. The van der Waals surface area contributed by atoms with Crippen LogP contribution in [0.25, 0.3) is 11.5 Å². The Morgan fingerprint density at radius 2 is 2.23 bits per heavy atom. The van der Waals surface area contributed by atoms with E-state index in [2.05, 4.69) is 10.3 Å². The van der Waals surface area contributed by atoms with E-state index in [-0.39, 0.29) is 13.0 Å². The topological polar surface area (TPSA) is 113 Å². The fourth-order valence-corrected chi connectivity index (χ4v) is 2.29. The molecule has 2 heterocycles. The summed E-state index contributed by atoms with van der Waals surface area (Å²) in [6.07, 6.45) is -0.0465. The normalized spacial score (nSPS) is 13.6. The summed E-state index contributed by atoms with van der Waals surface area (Å²) in [4.78, 5) is 26.9. The van der Waals surface area contributed by atoms with Crippen LogP contribution in [0.3, 0.4) is 0 Å². The number of aliphatic hydroxyl groups is 1. The van der Waals surface area contributed by atoms with Crippen molar-refractivity contribution < 1.29 is 24.2 Å². The Morgan fingerprint density at radius 1 is 1.50 bits per heavy atom. The molecule has 0 spiro atoms. The molecule has 8 heteroatoms. The summed E-state index contributed by atoms with van der Waals surface area (Å²) < 4.78 is 5.52. The Balaban J connectivity index is 1.99. The summed E-state index contributed by atoms with van der Waals surface area (Å²) >= 11 is 1.51. The first-order chi connectivity index (χ1) is 10.3. The number of carboxylic acid groups (broad SMARTS) is 1. The average molecular weight is 324 g/mol. The number of amides is 1. The number of nitrogens with one attached hydrogen (secondary N) is 1. The van der Waals surface area contributed by atoms with E-state index in [1.807, 2.05) is 16.8 Å². The highest BCUT2D eigenvalue weighted by atomic mass is 32.1. The Morgan fingerprint density at radius 3 is 2.82 bits per heavy atom. The van der Waals surface area contributed by atoms with Gasteiger partial charge in [-0.1, -0.05) is 0 Å². The number of carboxylic acids is 1. The molecular formula is C14H16N2O5S. The van der Waals surface area contributed by atoms with E-state index in [4.69, 9.17) is 9.52 Å². The molecule has 0 aliphatic rings. The van der Waals surface area contributed by atoms with Gasteiger partial charge in [-0.05, 0) is 25.3 Å². The van der Waals surface area contributed by atoms with Gasteiger partial charge in [-0.15, -0.1) is 0 Å². The number of aryl methyl sites for hydroxylation is 1. The highest BCUT2D eigenvalue weighted by Crippen LogP contribution is 2.23. The summed E-state index contributed by atoms with van der Waals surface area (Å²) in [6, 6.07) is 1.86. The Labute approximate surface area is 130 Å². The number of nitrogens with zero attached hydrogens (tertiary/aromatic N) is 1. The van der Waals surface area contributed by atoms with Gasteiger partial charge in [0.1, 0.15) is 5.76 Å². The van der Waals surface area contributed by atoms with Crippen LogP contribution in [-0.4, -0.2) is 39.2 Å². The zero-order valence-corrected chi connectivity index (χ0v) is 12.9. The Hall–Kier alpha value is -2.19. The van der Waals surface area contributed by atoms with Crippen LogP contribution in [0.5, 0.6) is 0 Å². The fourth-order valence-electron chi connectivity index (χ4n) is 1.66. The van der Waals surface area contributed by atoms with Gasteiger partial charge in [0.2, 0.25) is 11.8 Å². The number of carbonyl (C=O) groups is 2. The fraction of sp³-hybridized carbons (Fsp3) is 0.357. The van der Waals surface area contributed by atoms with Crippen LogP contribution < -0.4 is 5.32 Å². The molecule has 7 nitrogen and oxygen atoms in total. The summed E-state index contributed by atoms with van der Waals surface area (Å²) in [6.45, 7) is 2.44. The molecule has 1 amide bonds. The molecule has 0 aromatic carbocycles. The molecule has 118 valence electrons. The molecule has 2 rings (SSSR count).